The molecule has 2 rings (SSSR count). The molecule has 4 nitrogen and oxygen atoms in total. The van der Waals surface area contributed by atoms with Crippen LogP contribution >= 0.6 is 0 Å². The highest BCUT2D eigenvalue weighted by Gasteiger charge is 2.29. The lowest BCUT2D eigenvalue weighted by Crippen LogP contribution is -2.57. The second kappa shape index (κ2) is 5.96. The largest absolute Gasteiger partial charge is 0.396 e. The quantitative estimate of drug-likeness (QED) is 0.697. The first-order chi connectivity index (χ1) is 7.81. The van der Waals surface area contributed by atoms with Crippen LogP contribution in [0.1, 0.15) is 19.3 Å². The van der Waals surface area contributed by atoms with E-state index in [1.54, 1.807) is 0 Å². The zero-order chi connectivity index (χ0) is 11.4. The molecule has 2 saturated heterocycles. The second-order valence-electron chi connectivity index (χ2n) is 5.14. The minimum atomic E-state index is 0.315. The van der Waals surface area contributed by atoms with Crippen molar-refractivity contribution in [2.24, 2.45) is 0 Å². The van der Waals surface area contributed by atoms with Crippen molar-refractivity contribution in [2.45, 2.75) is 31.3 Å². The summed E-state index contributed by atoms with van der Waals surface area (Å²) < 4.78 is 0. The van der Waals surface area contributed by atoms with Gasteiger partial charge in [-0.2, -0.15) is 0 Å². The standard InChI is InChI=1S/C12H25N3O/c1-14-6-2-11(3-7-14)15-8-5-13-10-12(15)4-9-16/h11-13,16H,2-10H2,1H3. The van der Waals surface area contributed by atoms with Crippen molar-refractivity contribution in [1.82, 2.24) is 15.1 Å². The lowest BCUT2D eigenvalue weighted by molar-refractivity contribution is 0.0523. The van der Waals surface area contributed by atoms with Crippen LogP contribution in [0.4, 0.5) is 0 Å². The maximum atomic E-state index is 9.11. The average Bonchev–Trinajstić information content (AvgIpc) is 2.32. The first-order valence-corrected chi connectivity index (χ1v) is 6.57. The van der Waals surface area contributed by atoms with Gasteiger partial charge in [-0.25, -0.2) is 0 Å². The van der Waals surface area contributed by atoms with Crippen LogP contribution in [0.5, 0.6) is 0 Å². The van der Waals surface area contributed by atoms with Gasteiger partial charge in [-0.1, -0.05) is 0 Å². The zero-order valence-electron chi connectivity index (χ0n) is 10.4. The zero-order valence-corrected chi connectivity index (χ0v) is 10.4. The lowest BCUT2D eigenvalue weighted by Gasteiger charge is -2.44. The summed E-state index contributed by atoms with van der Waals surface area (Å²) in [6, 6.07) is 1.29. The molecule has 2 N–H and O–H groups in total. The van der Waals surface area contributed by atoms with Gasteiger partial charge in [-0.15, -0.1) is 0 Å². The maximum Gasteiger partial charge on any atom is 0.0446 e. The lowest BCUT2D eigenvalue weighted by atomic mass is 9.99. The molecule has 0 amide bonds. The third-order valence-corrected chi connectivity index (χ3v) is 4.02. The fraction of sp³-hybridized carbons (Fsp3) is 1.00. The van der Waals surface area contributed by atoms with Crippen LogP contribution in [0.25, 0.3) is 0 Å². The Hall–Kier alpha value is -0.160. The van der Waals surface area contributed by atoms with Crippen molar-refractivity contribution < 1.29 is 5.11 Å². The molecule has 16 heavy (non-hydrogen) atoms. The summed E-state index contributed by atoms with van der Waals surface area (Å²) >= 11 is 0. The van der Waals surface area contributed by atoms with Gasteiger partial charge in [0.25, 0.3) is 0 Å². The predicted molar refractivity (Wildman–Crippen MR) is 65.6 cm³/mol. The molecule has 0 aliphatic carbocycles. The van der Waals surface area contributed by atoms with Gasteiger partial charge in [-0.05, 0) is 39.4 Å². The van der Waals surface area contributed by atoms with Crippen LogP contribution in [0.15, 0.2) is 0 Å². The summed E-state index contributed by atoms with van der Waals surface area (Å²) in [5.41, 5.74) is 0. The number of hydrogen-bond acceptors (Lipinski definition) is 4. The van der Waals surface area contributed by atoms with Crippen LogP contribution in [0, 0.1) is 0 Å². The number of nitrogens with zero attached hydrogens (tertiary/aromatic N) is 2. The molecule has 0 spiro atoms. The SMILES string of the molecule is CN1CCC(N2CCNCC2CCO)CC1. The van der Waals surface area contributed by atoms with Crippen molar-refractivity contribution in [3.05, 3.63) is 0 Å². The summed E-state index contributed by atoms with van der Waals surface area (Å²) in [5, 5.41) is 12.5. The maximum absolute atomic E-state index is 9.11. The van der Waals surface area contributed by atoms with Crippen molar-refractivity contribution in [1.29, 1.82) is 0 Å². The number of aliphatic hydroxyl groups is 1. The minimum Gasteiger partial charge on any atom is -0.396 e. The third kappa shape index (κ3) is 2.94. The van der Waals surface area contributed by atoms with E-state index in [4.69, 9.17) is 5.11 Å². The Balaban J connectivity index is 1.89. The summed E-state index contributed by atoms with van der Waals surface area (Å²) in [7, 11) is 2.21. The van der Waals surface area contributed by atoms with Gasteiger partial charge < -0.3 is 15.3 Å². The first kappa shape index (κ1) is 12.3. The van der Waals surface area contributed by atoms with Crippen LogP contribution in [-0.4, -0.2) is 73.4 Å². The van der Waals surface area contributed by atoms with Gasteiger partial charge >= 0.3 is 0 Å². The molecule has 2 aliphatic rings. The Bertz CT molecular complexity index is 202. The van der Waals surface area contributed by atoms with Gasteiger partial charge in [-0.3, -0.25) is 4.90 Å². The molecule has 0 bridgehead atoms. The molecular formula is C12H25N3O. The van der Waals surface area contributed by atoms with Crippen LogP contribution in [0.3, 0.4) is 0 Å². The molecule has 4 heteroatoms. The molecule has 0 aromatic carbocycles. The van der Waals surface area contributed by atoms with Crippen LogP contribution in [0.2, 0.25) is 0 Å². The molecule has 94 valence electrons. The minimum absolute atomic E-state index is 0.315. The molecule has 2 aliphatic heterocycles. The number of aliphatic hydroxyl groups excluding tert-OH is 1. The van der Waals surface area contributed by atoms with Crippen molar-refractivity contribution in [2.75, 3.05) is 46.4 Å². The summed E-state index contributed by atoms with van der Waals surface area (Å²) in [6.45, 7) is 6.07. The van der Waals surface area contributed by atoms with E-state index in [2.05, 4.69) is 22.2 Å². The molecule has 0 saturated carbocycles. The Labute approximate surface area is 98.6 Å². The van der Waals surface area contributed by atoms with Gasteiger partial charge in [0.1, 0.15) is 0 Å². The molecule has 1 atom stereocenters. The number of hydrogen-bond donors (Lipinski definition) is 2. The predicted octanol–water partition coefficient (Wildman–Crippen LogP) is -0.263. The van der Waals surface area contributed by atoms with Crippen molar-refractivity contribution in [3.8, 4) is 0 Å². The third-order valence-electron chi connectivity index (χ3n) is 4.02. The Kier molecular flexibility index (Phi) is 4.58. The highest BCUT2D eigenvalue weighted by atomic mass is 16.3. The summed E-state index contributed by atoms with van der Waals surface area (Å²) in [6.07, 6.45) is 3.50. The first-order valence-electron chi connectivity index (χ1n) is 6.57. The van der Waals surface area contributed by atoms with Gasteiger partial charge in [0, 0.05) is 38.3 Å². The number of likely N-dealkylation sites (tertiary alicyclic amines) is 1. The molecule has 1 unspecified atom stereocenters. The van der Waals surface area contributed by atoms with E-state index in [9.17, 15) is 0 Å². The number of piperazine rings is 1. The van der Waals surface area contributed by atoms with Gasteiger partial charge in [0.2, 0.25) is 0 Å². The number of rotatable bonds is 3. The highest BCUT2D eigenvalue weighted by Crippen LogP contribution is 2.20. The van der Waals surface area contributed by atoms with Crippen LogP contribution < -0.4 is 5.32 Å². The fourth-order valence-corrected chi connectivity index (χ4v) is 3.00. The number of nitrogens with one attached hydrogen (secondary N) is 1. The van der Waals surface area contributed by atoms with E-state index in [-0.39, 0.29) is 0 Å². The molecular weight excluding hydrogens is 202 g/mol. The number of piperidine rings is 1. The average molecular weight is 227 g/mol. The van der Waals surface area contributed by atoms with Gasteiger partial charge in [0.15, 0.2) is 0 Å². The van der Waals surface area contributed by atoms with Crippen LogP contribution in [-0.2, 0) is 0 Å². The summed E-state index contributed by atoms with van der Waals surface area (Å²) in [5.74, 6) is 0. The normalized spacial score (nSPS) is 30.8. The Morgan fingerprint density at radius 2 is 2.00 bits per heavy atom. The molecule has 0 aromatic rings. The summed E-state index contributed by atoms with van der Waals surface area (Å²) in [4.78, 5) is 5.06. The second-order valence-corrected chi connectivity index (χ2v) is 5.14. The Morgan fingerprint density at radius 1 is 1.25 bits per heavy atom. The highest BCUT2D eigenvalue weighted by molar-refractivity contribution is 4.87. The van der Waals surface area contributed by atoms with E-state index < -0.39 is 0 Å². The van der Waals surface area contributed by atoms with Gasteiger partial charge in [0.05, 0.1) is 0 Å². The van der Waals surface area contributed by atoms with Crippen molar-refractivity contribution >= 4 is 0 Å². The monoisotopic (exact) mass is 227 g/mol. The molecule has 2 heterocycles. The smallest absolute Gasteiger partial charge is 0.0446 e. The van der Waals surface area contributed by atoms with E-state index in [1.165, 1.54) is 25.9 Å². The topological polar surface area (TPSA) is 38.7 Å². The van der Waals surface area contributed by atoms with E-state index in [0.717, 1.165) is 32.1 Å². The molecule has 0 radical (unpaired) electrons. The molecule has 0 aromatic heterocycles. The van der Waals surface area contributed by atoms with E-state index >= 15 is 0 Å². The van der Waals surface area contributed by atoms with E-state index in [1.807, 2.05) is 0 Å². The fourth-order valence-electron chi connectivity index (χ4n) is 3.00. The van der Waals surface area contributed by atoms with Crippen molar-refractivity contribution in [3.63, 3.8) is 0 Å². The van der Waals surface area contributed by atoms with E-state index in [0.29, 0.717) is 12.6 Å². The Morgan fingerprint density at radius 3 is 2.69 bits per heavy atom. The molecule has 2 fully saturated rings.